The van der Waals surface area contributed by atoms with Crippen molar-refractivity contribution < 1.29 is 4.79 Å². The van der Waals surface area contributed by atoms with Crippen LogP contribution in [0.15, 0.2) is 43.4 Å². The van der Waals surface area contributed by atoms with Crippen molar-refractivity contribution in [2.75, 3.05) is 0 Å². The number of aromatic nitrogens is 2. The van der Waals surface area contributed by atoms with Crippen LogP contribution < -0.4 is 5.73 Å². The molecule has 0 aliphatic rings. The Morgan fingerprint density at radius 3 is 2.53 bits per heavy atom. The van der Waals surface area contributed by atoms with Crippen LogP contribution in [0.1, 0.15) is 16.1 Å². The largest absolute Gasteiger partial charge is 0.366 e. The van der Waals surface area contributed by atoms with E-state index in [-0.39, 0.29) is 0 Å². The van der Waals surface area contributed by atoms with Gasteiger partial charge in [-0.2, -0.15) is 0 Å². The lowest BCUT2D eigenvalue weighted by Gasteiger charge is -2.08. The average molecular weight is 225 g/mol. The molecule has 2 rings (SSSR count). The molecule has 1 amide bonds. The number of hydrogen-bond donors (Lipinski definition) is 1. The number of carbonyl (C=O) groups excluding carboxylic acids is 1. The van der Waals surface area contributed by atoms with E-state index in [9.17, 15) is 4.79 Å². The highest BCUT2D eigenvalue weighted by molar-refractivity contribution is 6.02. The van der Waals surface area contributed by atoms with Crippen molar-refractivity contribution in [3.63, 3.8) is 0 Å². The average Bonchev–Trinajstić information content (AvgIpc) is 2.38. The SMILES string of the molecule is C=Cc1nccc(-c2ccncc2)c1C(N)=O. The van der Waals surface area contributed by atoms with Gasteiger partial charge in [0.2, 0.25) is 0 Å². The van der Waals surface area contributed by atoms with Gasteiger partial charge in [-0.3, -0.25) is 14.8 Å². The van der Waals surface area contributed by atoms with E-state index in [1.807, 2.05) is 12.1 Å². The molecule has 0 saturated carbocycles. The van der Waals surface area contributed by atoms with E-state index >= 15 is 0 Å². The minimum Gasteiger partial charge on any atom is -0.366 e. The Labute approximate surface area is 98.8 Å². The Morgan fingerprint density at radius 2 is 1.94 bits per heavy atom. The molecule has 4 heteroatoms. The molecule has 0 spiro atoms. The van der Waals surface area contributed by atoms with E-state index < -0.39 is 5.91 Å². The van der Waals surface area contributed by atoms with Gasteiger partial charge in [0.15, 0.2) is 0 Å². The molecule has 4 nitrogen and oxygen atoms in total. The van der Waals surface area contributed by atoms with E-state index in [2.05, 4.69) is 16.5 Å². The smallest absolute Gasteiger partial charge is 0.251 e. The Bertz CT molecular complexity index is 564. The molecule has 0 aliphatic carbocycles. The van der Waals surface area contributed by atoms with Gasteiger partial charge in [-0.15, -0.1) is 0 Å². The summed E-state index contributed by atoms with van der Waals surface area (Å²) in [7, 11) is 0. The molecule has 0 aromatic carbocycles. The van der Waals surface area contributed by atoms with Crippen LogP contribution in [0, 0.1) is 0 Å². The molecular formula is C13H11N3O. The van der Waals surface area contributed by atoms with Crippen LogP contribution >= 0.6 is 0 Å². The number of pyridine rings is 2. The van der Waals surface area contributed by atoms with Crippen molar-refractivity contribution in [2.24, 2.45) is 5.73 Å². The fourth-order valence-corrected chi connectivity index (χ4v) is 1.66. The summed E-state index contributed by atoms with van der Waals surface area (Å²) in [5.74, 6) is -0.514. The third-order valence-electron chi connectivity index (χ3n) is 2.41. The quantitative estimate of drug-likeness (QED) is 0.867. The van der Waals surface area contributed by atoms with E-state index in [0.717, 1.165) is 11.1 Å². The summed E-state index contributed by atoms with van der Waals surface area (Å²) in [6.07, 6.45) is 6.46. The highest BCUT2D eigenvalue weighted by Gasteiger charge is 2.14. The normalized spacial score (nSPS) is 9.88. The second-order valence-corrected chi connectivity index (χ2v) is 3.42. The van der Waals surface area contributed by atoms with Crippen LogP contribution in [0.2, 0.25) is 0 Å². The Balaban J connectivity index is 2.70. The molecule has 0 radical (unpaired) electrons. The Kier molecular flexibility index (Phi) is 2.96. The second kappa shape index (κ2) is 4.57. The summed E-state index contributed by atoms with van der Waals surface area (Å²) in [4.78, 5) is 19.5. The minimum atomic E-state index is -0.514. The topological polar surface area (TPSA) is 68.9 Å². The summed E-state index contributed by atoms with van der Waals surface area (Å²) in [5.41, 5.74) is 7.88. The third-order valence-corrected chi connectivity index (χ3v) is 2.41. The predicted octanol–water partition coefficient (Wildman–Crippen LogP) is 1.89. The van der Waals surface area contributed by atoms with E-state index in [0.29, 0.717) is 11.3 Å². The molecule has 2 heterocycles. The number of carbonyl (C=O) groups is 1. The highest BCUT2D eigenvalue weighted by Crippen LogP contribution is 2.24. The third kappa shape index (κ3) is 2.06. The van der Waals surface area contributed by atoms with E-state index in [4.69, 9.17) is 5.73 Å². The molecule has 2 N–H and O–H groups in total. The summed E-state index contributed by atoms with van der Waals surface area (Å²) >= 11 is 0. The first-order chi connectivity index (χ1) is 8.24. The van der Waals surface area contributed by atoms with Crippen LogP contribution in [0.3, 0.4) is 0 Å². The molecule has 0 bridgehead atoms. The van der Waals surface area contributed by atoms with Crippen molar-refractivity contribution in [1.82, 2.24) is 9.97 Å². The molecule has 0 unspecified atom stereocenters. The maximum atomic E-state index is 11.5. The summed E-state index contributed by atoms with van der Waals surface area (Å²) < 4.78 is 0. The molecule has 0 aliphatic heterocycles. The van der Waals surface area contributed by atoms with E-state index in [1.165, 1.54) is 6.08 Å². The van der Waals surface area contributed by atoms with Gasteiger partial charge in [0, 0.05) is 18.6 Å². The second-order valence-electron chi connectivity index (χ2n) is 3.42. The first kappa shape index (κ1) is 11.0. The number of hydrogen-bond acceptors (Lipinski definition) is 3. The predicted molar refractivity (Wildman–Crippen MR) is 66.1 cm³/mol. The Hall–Kier alpha value is -2.49. The van der Waals surface area contributed by atoms with Crippen LogP contribution in [0.5, 0.6) is 0 Å². The molecule has 0 saturated heterocycles. The van der Waals surface area contributed by atoms with Crippen LogP contribution in [0.25, 0.3) is 17.2 Å². The van der Waals surface area contributed by atoms with Gasteiger partial charge >= 0.3 is 0 Å². The molecular weight excluding hydrogens is 214 g/mol. The van der Waals surface area contributed by atoms with Gasteiger partial charge < -0.3 is 5.73 Å². The summed E-state index contributed by atoms with van der Waals surface area (Å²) in [5, 5.41) is 0. The van der Waals surface area contributed by atoms with Crippen LogP contribution in [0.4, 0.5) is 0 Å². The fourth-order valence-electron chi connectivity index (χ4n) is 1.66. The standard InChI is InChI=1S/C13H11N3O/c1-2-11-12(13(14)17)10(5-8-16-11)9-3-6-15-7-4-9/h2-8H,1H2,(H2,14,17). The fraction of sp³-hybridized carbons (Fsp3) is 0. The number of rotatable bonds is 3. The lowest BCUT2D eigenvalue weighted by Crippen LogP contribution is -2.15. The first-order valence-corrected chi connectivity index (χ1v) is 5.05. The van der Waals surface area contributed by atoms with Crippen molar-refractivity contribution in [3.05, 3.63) is 54.6 Å². The van der Waals surface area contributed by atoms with Gasteiger partial charge in [0.05, 0.1) is 11.3 Å². The molecule has 17 heavy (non-hydrogen) atoms. The minimum absolute atomic E-state index is 0.383. The first-order valence-electron chi connectivity index (χ1n) is 5.05. The lowest BCUT2D eigenvalue weighted by molar-refractivity contribution is 0.100. The number of nitrogens with two attached hydrogens (primary N) is 1. The van der Waals surface area contributed by atoms with Crippen molar-refractivity contribution in [1.29, 1.82) is 0 Å². The van der Waals surface area contributed by atoms with Crippen molar-refractivity contribution in [2.45, 2.75) is 0 Å². The Morgan fingerprint density at radius 1 is 1.24 bits per heavy atom. The van der Waals surface area contributed by atoms with Gasteiger partial charge in [-0.05, 0) is 35.4 Å². The monoisotopic (exact) mass is 225 g/mol. The lowest BCUT2D eigenvalue weighted by atomic mass is 9.99. The summed E-state index contributed by atoms with van der Waals surface area (Å²) in [6, 6.07) is 5.38. The highest BCUT2D eigenvalue weighted by atomic mass is 16.1. The van der Waals surface area contributed by atoms with Crippen molar-refractivity contribution in [3.8, 4) is 11.1 Å². The zero-order chi connectivity index (χ0) is 12.3. The number of amides is 1. The molecule has 2 aromatic heterocycles. The van der Waals surface area contributed by atoms with Gasteiger partial charge in [-0.1, -0.05) is 6.58 Å². The molecule has 0 fully saturated rings. The van der Waals surface area contributed by atoms with Crippen molar-refractivity contribution >= 4 is 12.0 Å². The number of nitrogens with zero attached hydrogens (tertiary/aromatic N) is 2. The number of primary amides is 1. The summed E-state index contributed by atoms with van der Waals surface area (Å²) in [6.45, 7) is 3.63. The maximum Gasteiger partial charge on any atom is 0.251 e. The molecule has 84 valence electrons. The van der Waals surface area contributed by atoms with Crippen LogP contribution in [-0.2, 0) is 0 Å². The van der Waals surface area contributed by atoms with Gasteiger partial charge in [-0.25, -0.2) is 0 Å². The van der Waals surface area contributed by atoms with Gasteiger partial charge in [0.25, 0.3) is 5.91 Å². The van der Waals surface area contributed by atoms with Gasteiger partial charge in [0.1, 0.15) is 0 Å². The maximum absolute atomic E-state index is 11.5. The zero-order valence-corrected chi connectivity index (χ0v) is 9.13. The van der Waals surface area contributed by atoms with E-state index in [1.54, 1.807) is 24.7 Å². The molecule has 2 aromatic rings. The molecule has 0 atom stereocenters. The zero-order valence-electron chi connectivity index (χ0n) is 9.13. The van der Waals surface area contributed by atoms with Crippen LogP contribution in [-0.4, -0.2) is 15.9 Å².